The van der Waals surface area contributed by atoms with Crippen LogP contribution in [0.25, 0.3) is 0 Å². The van der Waals surface area contributed by atoms with Crippen LogP contribution in [0.5, 0.6) is 0 Å². The van der Waals surface area contributed by atoms with Gasteiger partial charge in [0, 0.05) is 10.9 Å². The molecular weight excluding hydrogens is 302 g/mol. The normalized spacial score (nSPS) is 13.2. The summed E-state index contributed by atoms with van der Waals surface area (Å²) in [6.07, 6.45) is 0.559. The van der Waals surface area contributed by atoms with Crippen LogP contribution in [-0.4, -0.2) is 25.5 Å². The molecule has 2 aromatic rings. The first-order valence-electron chi connectivity index (χ1n) is 5.76. The second kappa shape index (κ2) is 5.78. The minimum Gasteiger partial charge on any atom is -0.475 e. The third-order valence-corrected chi connectivity index (χ3v) is 4.86. The first-order valence-corrected chi connectivity index (χ1v) is 8.12. The van der Waals surface area contributed by atoms with E-state index in [1.165, 1.54) is 0 Å². The lowest BCUT2D eigenvalue weighted by Crippen LogP contribution is -2.33. The van der Waals surface area contributed by atoms with Gasteiger partial charge in [-0.1, -0.05) is 6.07 Å². The van der Waals surface area contributed by atoms with Gasteiger partial charge in [0.2, 0.25) is 10.9 Å². The van der Waals surface area contributed by atoms with Crippen LogP contribution in [0.2, 0.25) is 0 Å². The minimum atomic E-state index is -3.85. The Morgan fingerprint density at radius 1 is 1.45 bits per heavy atom. The Labute approximate surface area is 120 Å². The van der Waals surface area contributed by atoms with Gasteiger partial charge in [0.05, 0.1) is 0 Å². The zero-order chi connectivity index (χ0) is 14.8. The summed E-state index contributed by atoms with van der Waals surface area (Å²) >= 11 is 1.55. The summed E-state index contributed by atoms with van der Waals surface area (Å²) in [5.41, 5.74) is 0. The van der Waals surface area contributed by atoms with E-state index in [0.29, 0.717) is 6.42 Å². The van der Waals surface area contributed by atoms with E-state index in [1.807, 2.05) is 17.5 Å². The van der Waals surface area contributed by atoms with Crippen LogP contribution in [0.3, 0.4) is 0 Å². The first-order chi connectivity index (χ1) is 9.38. The van der Waals surface area contributed by atoms with Gasteiger partial charge in [-0.3, -0.25) is 0 Å². The number of hydrogen-bond acceptors (Lipinski definition) is 5. The molecule has 108 valence electrons. The predicted octanol–water partition coefficient (Wildman–Crippen LogP) is 1.95. The lowest BCUT2D eigenvalue weighted by atomic mass is 10.2. The van der Waals surface area contributed by atoms with E-state index in [0.717, 1.165) is 17.0 Å². The highest BCUT2D eigenvalue weighted by Crippen LogP contribution is 2.16. The van der Waals surface area contributed by atoms with E-state index in [4.69, 9.17) is 9.52 Å². The van der Waals surface area contributed by atoms with Crippen LogP contribution in [0, 0.1) is 0 Å². The quantitative estimate of drug-likeness (QED) is 0.849. The molecular formula is C12H13NO5S2. The van der Waals surface area contributed by atoms with Gasteiger partial charge in [-0.2, -0.15) is 0 Å². The number of rotatable bonds is 6. The average molecular weight is 315 g/mol. The van der Waals surface area contributed by atoms with Crippen molar-refractivity contribution in [3.63, 3.8) is 0 Å². The Hall–Kier alpha value is -1.64. The number of carbonyl (C=O) groups is 1. The van der Waals surface area contributed by atoms with Gasteiger partial charge < -0.3 is 9.52 Å². The number of thiophene rings is 1. The van der Waals surface area contributed by atoms with E-state index in [9.17, 15) is 13.2 Å². The molecule has 6 nitrogen and oxygen atoms in total. The fourth-order valence-corrected chi connectivity index (χ4v) is 3.69. The predicted molar refractivity (Wildman–Crippen MR) is 73.5 cm³/mol. The molecule has 0 amide bonds. The third kappa shape index (κ3) is 3.47. The molecule has 0 fully saturated rings. The number of nitrogens with one attached hydrogen (secondary N) is 1. The lowest BCUT2D eigenvalue weighted by molar-refractivity contribution is 0.0656. The van der Waals surface area contributed by atoms with E-state index in [2.05, 4.69) is 4.72 Å². The molecule has 2 aromatic heterocycles. The smallest absolute Gasteiger partial charge is 0.371 e. The molecule has 0 aliphatic rings. The van der Waals surface area contributed by atoms with E-state index in [-0.39, 0.29) is 6.04 Å². The zero-order valence-corrected chi connectivity index (χ0v) is 12.2. The third-order valence-electron chi connectivity index (χ3n) is 2.50. The van der Waals surface area contributed by atoms with Crippen LogP contribution in [0.4, 0.5) is 0 Å². The maximum absolute atomic E-state index is 12.0. The van der Waals surface area contributed by atoms with Crippen molar-refractivity contribution in [3.05, 3.63) is 40.3 Å². The Bertz CT molecular complexity index is 687. The maximum atomic E-state index is 12.0. The van der Waals surface area contributed by atoms with E-state index < -0.39 is 26.8 Å². The van der Waals surface area contributed by atoms with Crippen LogP contribution in [-0.2, 0) is 16.4 Å². The van der Waals surface area contributed by atoms with Crippen LogP contribution in [0.15, 0.2) is 39.2 Å². The van der Waals surface area contributed by atoms with Crippen molar-refractivity contribution in [1.82, 2.24) is 4.72 Å². The SMILES string of the molecule is CC(Cc1cccs1)NS(=O)(=O)c1ccc(C(=O)O)o1. The molecule has 1 atom stereocenters. The number of hydrogen-bond donors (Lipinski definition) is 2. The van der Waals surface area contributed by atoms with Gasteiger partial charge in [0.25, 0.3) is 10.0 Å². The largest absolute Gasteiger partial charge is 0.475 e. The summed E-state index contributed by atoms with van der Waals surface area (Å²) < 4.78 is 31.3. The summed E-state index contributed by atoms with van der Waals surface area (Å²) in [4.78, 5) is 11.7. The summed E-state index contributed by atoms with van der Waals surface area (Å²) in [6, 6.07) is 5.74. The highest BCUT2D eigenvalue weighted by molar-refractivity contribution is 7.89. The molecule has 2 rings (SSSR count). The lowest BCUT2D eigenvalue weighted by Gasteiger charge is -2.11. The molecule has 1 unspecified atom stereocenters. The van der Waals surface area contributed by atoms with Gasteiger partial charge in [0.15, 0.2) is 0 Å². The summed E-state index contributed by atoms with van der Waals surface area (Å²) in [6.45, 7) is 1.73. The van der Waals surface area contributed by atoms with Crippen molar-refractivity contribution in [2.45, 2.75) is 24.5 Å². The summed E-state index contributed by atoms with van der Waals surface area (Å²) in [7, 11) is -3.85. The second-order valence-electron chi connectivity index (χ2n) is 4.23. The Morgan fingerprint density at radius 2 is 2.20 bits per heavy atom. The van der Waals surface area contributed by atoms with Crippen LogP contribution in [0.1, 0.15) is 22.4 Å². The second-order valence-corrected chi connectivity index (χ2v) is 6.91. The minimum absolute atomic E-state index is 0.322. The van der Waals surface area contributed by atoms with Crippen molar-refractivity contribution in [1.29, 1.82) is 0 Å². The molecule has 20 heavy (non-hydrogen) atoms. The van der Waals surface area contributed by atoms with Crippen LogP contribution < -0.4 is 4.72 Å². The topological polar surface area (TPSA) is 96.6 Å². The number of sulfonamides is 1. The zero-order valence-electron chi connectivity index (χ0n) is 10.6. The molecule has 0 aliphatic heterocycles. The molecule has 0 saturated carbocycles. The fraction of sp³-hybridized carbons (Fsp3) is 0.250. The highest BCUT2D eigenvalue weighted by Gasteiger charge is 2.23. The van der Waals surface area contributed by atoms with Gasteiger partial charge in [0.1, 0.15) is 0 Å². The van der Waals surface area contributed by atoms with Crippen molar-refractivity contribution < 1.29 is 22.7 Å². The number of furan rings is 1. The van der Waals surface area contributed by atoms with Gasteiger partial charge in [-0.15, -0.1) is 11.3 Å². The summed E-state index contributed by atoms with van der Waals surface area (Å²) in [5, 5.41) is 10.2. The van der Waals surface area contributed by atoms with Gasteiger partial charge >= 0.3 is 5.97 Å². The Kier molecular flexibility index (Phi) is 4.26. The molecule has 8 heteroatoms. The average Bonchev–Trinajstić information content (AvgIpc) is 2.97. The molecule has 2 N–H and O–H groups in total. The number of carboxylic acids is 1. The maximum Gasteiger partial charge on any atom is 0.371 e. The van der Waals surface area contributed by atoms with Crippen molar-refractivity contribution in [3.8, 4) is 0 Å². The Morgan fingerprint density at radius 3 is 2.75 bits per heavy atom. The molecule has 0 saturated heterocycles. The number of aromatic carboxylic acids is 1. The molecule has 0 radical (unpaired) electrons. The Balaban J connectivity index is 2.08. The van der Waals surface area contributed by atoms with Crippen molar-refractivity contribution in [2.75, 3.05) is 0 Å². The van der Waals surface area contributed by atoms with Crippen molar-refractivity contribution >= 4 is 27.3 Å². The molecule has 2 heterocycles. The highest BCUT2D eigenvalue weighted by atomic mass is 32.2. The van der Waals surface area contributed by atoms with Crippen LogP contribution >= 0.6 is 11.3 Å². The molecule has 0 bridgehead atoms. The monoisotopic (exact) mass is 315 g/mol. The number of carboxylic acid groups (broad SMARTS) is 1. The summed E-state index contributed by atoms with van der Waals surface area (Å²) in [5.74, 6) is -1.71. The molecule has 0 aliphatic carbocycles. The first kappa shape index (κ1) is 14.8. The van der Waals surface area contributed by atoms with Crippen molar-refractivity contribution in [2.24, 2.45) is 0 Å². The van der Waals surface area contributed by atoms with Gasteiger partial charge in [-0.05, 0) is 36.9 Å². The van der Waals surface area contributed by atoms with Gasteiger partial charge in [-0.25, -0.2) is 17.9 Å². The molecule has 0 aromatic carbocycles. The standard InChI is InChI=1S/C12H13NO5S2/c1-8(7-9-3-2-6-19-9)13-20(16,17)11-5-4-10(18-11)12(14)15/h2-6,8,13H,7H2,1H3,(H,14,15). The molecule has 0 spiro atoms. The van der Waals surface area contributed by atoms with E-state index in [1.54, 1.807) is 18.3 Å². The van der Waals surface area contributed by atoms with E-state index >= 15 is 0 Å². The fourth-order valence-electron chi connectivity index (χ4n) is 1.67.